The normalized spacial score (nSPS) is 18.5. The van der Waals surface area contributed by atoms with Crippen LogP contribution >= 0.6 is 0 Å². The molecule has 1 aromatic rings. The molecule has 108 valence electrons. The van der Waals surface area contributed by atoms with Crippen molar-refractivity contribution in [3.63, 3.8) is 0 Å². The van der Waals surface area contributed by atoms with Crippen molar-refractivity contribution in [1.82, 2.24) is 10.2 Å². The molecule has 5 heteroatoms. The smallest absolute Gasteiger partial charge is 0.126 e. The Labute approximate surface area is 118 Å². The molecule has 2 rings (SSSR count). The summed E-state index contributed by atoms with van der Waals surface area (Å²) >= 11 is 0. The van der Waals surface area contributed by atoms with Gasteiger partial charge in [0.05, 0.1) is 12.7 Å². The molecule has 1 atom stereocenters. The fourth-order valence-corrected chi connectivity index (χ4v) is 1.99. The monoisotopic (exact) mass is 279 g/mol. The average molecular weight is 279 g/mol. The van der Waals surface area contributed by atoms with Crippen molar-refractivity contribution >= 4 is 5.84 Å². The first-order chi connectivity index (χ1) is 9.45. The summed E-state index contributed by atoms with van der Waals surface area (Å²) in [5.74, 6) is -0.436. The molecule has 0 radical (unpaired) electrons. The van der Waals surface area contributed by atoms with Crippen LogP contribution < -0.4 is 5.32 Å². The van der Waals surface area contributed by atoms with Crippen molar-refractivity contribution in [3.05, 3.63) is 47.7 Å². The van der Waals surface area contributed by atoms with E-state index < -0.39 is 11.6 Å². The predicted octanol–water partition coefficient (Wildman–Crippen LogP) is 3.21. The van der Waals surface area contributed by atoms with E-state index in [1.165, 1.54) is 12.1 Å². The third-order valence-electron chi connectivity index (χ3n) is 3.23. The van der Waals surface area contributed by atoms with E-state index in [4.69, 9.17) is 0 Å². The molecule has 0 saturated carbocycles. The van der Waals surface area contributed by atoms with Gasteiger partial charge in [-0.3, -0.25) is 4.99 Å². The minimum absolute atomic E-state index is 0.307. The van der Waals surface area contributed by atoms with Gasteiger partial charge in [-0.2, -0.15) is 0 Å². The Balaban J connectivity index is 2.13. The van der Waals surface area contributed by atoms with Gasteiger partial charge in [0.15, 0.2) is 0 Å². The van der Waals surface area contributed by atoms with E-state index in [0.717, 1.165) is 11.9 Å². The van der Waals surface area contributed by atoms with Gasteiger partial charge in [-0.15, -0.1) is 0 Å². The molecule has 0 aliphatic carbocycles. The summed E-state index contributed by atoms with van der Waals surface area (Å²) in [7, 11) is 0. The minimum Gasteiger partial charge on any atom is -0.358 e. The summed E-state index contributed by atoms with van der Waals surface area (Å²) in [6, 6.07) is 3.59. The van der Waals surface area contributed by atoms with Gasteiger partial charge in [0, 0.05) is 18.3 Å². The standard InChI is InChI=1S/C15H19F2N3/c1-10(2)20-5-4-15(18-9-20)19-11(3)12-6-13(16)8-14(17)7-12/h4-8,10-11H,9H2,1-3H3,(H,18,19)/t11-/m0/s1. The van der Waals surface area contributed by atoms with Gasteiger partial charge >= 0.3 is 0 Å². The zero-order valence-electron chi connectivity index (χ0n) is 11.9. The molecule has 0 fully saturated rings. The van der Waals surface area contributed by atoms with Crippen LogP contribution in [0.5, 0.6) is 0 Å². The summed E-state index contributed by atoms with van der Waals surface area (Å²) in [5, 5.41) is 3.18. The lowest BCUT2D eigenvalue weighted by atomic mass is 10.1. The van der Waals surface area contributed by atoms with Crippen molar-refractivity contribution < 1.29 is 8.78 Å². The van der Waals surface area contributed by atoms with Crippen LogP contribution in [0.15, 0.2) is 35.5 Å². The number of hydrogen-bond donors (Lipinski definition) is 1. The fraction of sp³-hybridized carbons (Fsp3) is 0.400. The molecule has 20 heavy (non-hydrogen) atoms. The lowest BCUT2D eigenvalue weighted by molar-refractivity contribution is 0.300. The number of nitrogens with one attached hydrogen (secondary N) is 1. The highest BCUT2D eigenvalue weighted by Crippen LogP contribution is 2.19. The van der Waals surface area contributed by atoms with E-state index in [2.05, 4.69) is 29.1 Å². The molecule has 1 aliphatic heterocycles. The number of benzene rings is 1. The number of rotatable bonds is 3. The van der Waals surface area contributed by atoms with Gasteiger partial charge in [-0.1, -0.05) is 0 Å². The van der Waals surface area contributed by atoms with Gasteiger partial charge in [-0.25, -0.2) is 8.78 Å². The van der Waals surface area contributed by atoms with Crippen LogP contribution in [0.25, 0.3) is 0 Å². The van der Waals surface area contributed by atoms with E-state index in [-0.39, 0.29) is 6.04 Å². The van der Waals surface area contributed by atoms with Crippen LogP contribution in [-0.2, 0) is 0 Å². The Bertz CT molecular complexity index is 518. The van der Waals surface area contributed by atoms with Crippen LogP contribution in [0.3, 0.4) is 0 Å². The molecule has 0 unspecified atom stereocenters. The zero-order chi connectivity index (χ0) is 14.7. The molecule has 1 heterocycles. The largest absolute Gasteiger partial charge is 0.358 e. The van der Waals surface area contributed by atoms with Crippen LogP contribution in [0, 0.1) is 11.6 Å². The number of amidine groups is 1. The Morgan fingerprint density at radius 3 is 2.30 bits per heavy atom. The van der Waals surface area contributed by atoms with Gasteiger partial charge in [0.1, 0.15) is 17.5 Å². The van der Waals surface area contributed by atoms with Gasteiger partial charge in [-0.05, 0) is 44.5 Å². The summed E-state index contributed by atoms with van der Waals surface area (Å²) in [4.78, 5) is 6.57. The summed E-state index contributed by atoms with van der Waals surface area (Å²) in [6.45, 7) is 6.70. The van der Waals surface area contributed by atoms with Crippen LogP contribution in [0.2, 0.25) is 0 Å². The molecule has 3 nitrogen and oxygen atoms in total. The molecule has 0 saturated heterocycles. The van der Waals surface area contributed by atoms with E-state index in [9.17, 15) is 8.78 Å². The van der Waals surface area contributed by atoms with Gasteiger partial charge in [0.25, 0.3) is 0 Å². The van der Waals surface area contributed by atoms with E-state index in [0.29, 0.717) is 18.3 Å². The maximum absolute atomic E-state index is 13.2. The quantitative estimate of drug-likeness (QED) is 0.920. The topological polar surface area (TPSA) is 27.6 Å². The molecular formula is C15H19F2N3. The lowest BCUT2D eigenvalue weighted by Gasteiger charge is -2.29. The Hall–Kier alpha value is -1.91. The predicted molar refractivity (Wildman–Crippen MR) is 76.3 cm³/mol. The highest BCUT2D eigenvalue weighted by molar-refractivity contribution is 5.93. The van der Waals surface area contributed by atoms with Crippen molar-refractivity contribution in [2.24, 2.45) is 4.99 Å². The number of aliphatic imine (C=N–C) groups is 1. The number of halogens is 2. The van der Waals surface area contributed by atoms with E-state index >= 15 is 0 Å². The first-order valence-corrected chi connectivity index (χ1v) is 6.67. The van der Waals surface area contributed by atoms with Crippen LogP contribution in [0.4, 0.5) is 8.78 Å². The molecule has 1 N–H and O–H groups in total. The summed E-state index contributed by atoms with van der Waals surface area (Å²) < 4.78 is 26.4. The first kappa shape index (κ1) is 14.5. The fourth-order valence-electron chi connectivity index (χ4n) is 1.99. The number of nitrogens with zero attached hydrogens (tertiary/aromatic N) is 2. The summed E-state index contributed by atoms with van der Waals surface area (Å²) in [5.41, 5.74) is 0.525. The van der Waals surface area contributed by atoms with Crippen molar-refractivity contribution in [3.8, 4) is 0 Å². The molecule has 0 aromatic heterocycles. The maximum Gasteiger partial charge on any atom is 0.126 e. The molecule has 1 aromatic carbocycles. The van der Waals surface area contributed by atoms with Crippen LogP contribution in [-0.4, -0.2) is 23.4 Å². The highest BCUT2D eigenvalue weighted by atomic mass is 19.1. The van der Waals surface area contributed by atoms with E-state index in [1.807, 2.05) is 19.2 Å². The van der Waals surface area contributed by atoms with Crippen molar-refractivity contribution in [2.75, 3.05) is 6.67 Å². The second-order valence-corrected chi connectivity index (χ2v) is 5.15. The van der Waals surface area contributed by atoms with Gasteiger partial charge < -0.3 is 10.2 Å². The zero-order valence-corrected chi connectivity index (χ0v) is 11.9. The van der Waals surface area contributed by atoms with Gasteiger partial charge in [0.2, 0.25) is 0 Å². The molecule has 1 aliphatic rings. The molecule has 0 bridgehead atoms. The highest BCUT2D eigenvalue weighted by Gasteiger charge is 2.12. The Morgan fingerprint density at radius 1 is 1.15 bits per heavy atom. The second kappa shape index (κ2) is 6.03. The first-order valence-electron chi connectivity index (χ1n) is 6.67. The molecule has 0 amide bonds. The Morgan fingerprint density at radius 2 is 1.80 bits per heavy atom. The lowest BCUT2D eigenvalue weighted by Crippen LogP contribution is -2.41. The SMILES string of the molecule is CC(C)N1C=CC(=N[C@@H](C)c2cc(F)cc(F)c2)NC1. The molecular weight excluding hydrogens is 260 g/mol. The minimum atomic E-state index is -0.579. The van der Waals surface area contributed by atoms with Crippen LogP contribution in [0.1, 0.15) is 32.4 Å². The molecule has 0 spiro atoms. The third kappa shape index (κ3) is 3.56. The van der Waals surface area contributed by atoms with Crippen molar-refractivity contribution in [1.29, 1.82) is 0 Å². The Kier molecular flexibility index (Phi) is 4.37. The van der Waals surface area contributed by atoms with E-state index in [1.54, 1.807) is 0 Å². The third-order valence-corrected chi connectivity index (χ3v) is 3.23. The number of hydrogen-bond acceptors (Lipinski definition) is 2. The second-order valence-electron chi connectivity index (χ2n) is 5.15. The summed E-state index contributed by atoms with van der Waals surface area (Å²) in [6.07, 6.45) is 3.84. The maximum atomic E-state index is 13.2. The van der Waals surface area contributed by atoms with Crippen molar-refractivity contribution in [2.45, 2.75) is 32.9 Å². The average Bonchev–Trinajstić information content (AvgIpc) is 2.38.